The van der Waals surface area contributed by atoms with Crippen LogP contribution in [0.3, 0.4) is 0 Å². The van der Waals surface area contributed by atoms with Crippen molar-refractivity contribution in [1.82, 2.24) is 4.90 Å². The number of hydrogen-bond acceptors (Lipinski definition) is 4. The molecule has 1 unspecified atom stereocenters. The zero-order valence-electron chi connectivity index (χ0n) is 12.3. The Balaban J connectivity index is 0.00000242. The summed E-state index contributed by atoms with van der Waals surface area (Å²) in [5, 5.41) is 0. The molecule has 0 aliphatic carbocycles. The molecular formula is C14H18ClFN4O2. The van der Waals surface area contributed by atoms with Gasteiger partial charge in [-0.05, 0) is 32.0 Å². The molecule has 1 aliphatic rings. The van der Waals surface area contributed by atoms with Crippen LogP contribution in [0.15, 0.2) is 23.2 Å². The van der Waals surface area contributed by atoms with Gasteiger partial charge in [-0.25, -0.2) is 4.39 Å². The Bertz CT molecular complexity index is 650. The first-order valence-electron chi connectivity index (χ1n) is 6.53. The van der Waals surface area contributed by atoms with E-state index < -0.39 is 17.3 Å². The van der Waals surface area contributed by atoms with Crippen molar-refractivity contribution in [3.8, 4) is 0 Å². The maximum atomic E-state index is 14.2. The highest BCUT2D eigenvalue weighted by molar-refractivity contribution is 6.37. The second kappa shape index (κ2) is 6.31. The molecule has 0 saturated carbocycles. The maximum Gasteiger partial charge on any atom is 0.288 e. The largest absolute Gasteiger partial charge is 0.379 e. The standard InChI is InChI=1S/C14H17FN4O2.ClH/c1-3-19-7-14(2,18-11(16)13(19)21)9-6-8(12(17)20)4-5-10(9)15;/h4-6H,3,7H2,1-2H3,(H2,16,18)(H2,17,20);1H. The van der Waals surface area contributed by atoms with Crippen LogP contribution in [0.25, 0.3) is 0 Å². The minimum absolute atomic E-state index is 0. The highest BCUT2D eigenvalue weighted by Gasteiger charge is 2.38. The summed E-state index contributed by atoms with van der Waals surface area (Å²) in [6.07, 6.45) is 0. The lowest BCUT2D eigenvalue weighted by atomic mass is 9.88. The van der Waals surface area contributed by atoms with Gasteiger partial charge in [-0.15, -0.1) is 12.4 Å². The molecule has 0 fully saturated rings. The molecule has 0 radical (unpaired) electrons. The van der Waals surface area contributed by atoms with Crippen molar-refractivity contribution in [2.75, 3.05) is 13.1 Å². The Hall–Kier alpha value is -2.15. The van der Waals surface area contributed by atoms with Gasteiger partial charge in [-0.3, -0.25) is 14.6 Å². The molecule has 0 aromatic heterocycles. The third-order valence-electron chi connectivity index (χ3n) is 3.59. The quantitative estimate of drug-likeness (QED) is 0.857. The number of nitrogens with zero attached hydrogens (tertiary/aromatic N) is 2. The highest BCUT2D eigenvalue weighted by atomic mass is 35.5. The number of nitrogens with two attached hydrogens (primary N) is 2. The smallest absolute Gasteiger partial charge is 0.288 e. The van der Waals surface area contributed by atoms with Gasteiger partial charge < -0.3 is 16.4 Å². The lowest BCUT2D eigenvalue weighted by Crippen LogP contribution is -2.52. The topological polar surface area (TPSA) is 102 Å². The zero-order valence-corrected chi connectivity index (χ0v) is 13.1. The fraction of sp³-hybridized carbons (Fsp3) is 0.357. The van der Waals surface area contributed by atoms with E-state index in [0.29, 0.717) is 6.54 Å². The van der Waals surface area contributed by atoms with Gasteiger partial charge in [-0.1, -0.05) is 0 Å². The number of rotatable bonds is 3. The third-order valence-corrected chi connectivity index (χ3v) is 3.59. The first-order valence-corrected chi connectivity index (χ1v) is 6.53. The number of likely N-dealkylation sites (N-methyl/N-ethyl adjacent to an activating group) is 1. The summed E-state index contributed by atoms with van der Waals surface area (Å²) in [5.74, 6) is -1.73. The van der Waals surface area contributed by atoms with E-state index in [9.17, 15) is 14.0 Å². The number of carbonyl (C=O) groups excluding carboxylic acids is 2. The van der Waals surface area contributed by atoms with Crippen LogP contribution in [0.4, 0.5) is 4.39 Å². The van der Waals surface area contributed by atoms with Gasteiger partial charge in [0.2, 0.25) is 5.91 Å². The Morgan fingerprint density at radius 1 is 1.50 bits per heavy atom. The van der Waals surface area contributed by atoms with Gasteiger partial charge in [0, 0.05) is 17.7 Å². The number of halogens is 2. The van der Waals surface area contributed by atoms with Gasteiger partial charge >= 0.3 is 0 Å². The number of hydrogen-bond donors (Lipinski definition) is 2. The molecule has 1 aromatic rings. The first kappa shape index (κ1) is 17.9. The number of aliphatic imine (C=N–C) groups is 1. The van der Waals surface area contributed by atoms with Gasteiger partial charge in [0.1, 0.15) is 11.4 Å². The second-order valence-corrected chi connectivity index (χ2v) is 5.15. The monoisotopic (exact) mass is 328 g/mol. The van der Waals surface area contributed by atoms with Gasteiger partial charge in [0.25, 0.3) is 5.91 Å². The SMILES string of the molecule is CCN1CC(C)(c2cc(C(N)=O)ccc2F)N=C(N)C1=O.Cl. The van der Waals surface area contributed by atoms with Crippen molar-refractivity contribution in [3.05, 3.63) is 35.1 Å². The van der Waals surface area contributed by atoms with Crippen LogP contribution in [-0.4, -0.2) is 35.6 Å². The van der Waals surface area contributed by atoms with Crippen LogP contribution in [0.1, 0.15) is 29.8 Å². The highest BCUT2D eigenvalue weighted by Crippen LogP contribution is 2.32. The van der Waals surface area contributed by atoms with Crippen molar-refractivity contribution in [3.63, 3.8) is 0 Å². The average Bonchev–Trinajstić information content (AvgIpc) is 2.43. The lowest BCUT2D eigenvalue weighted by molar-refractivity contribution is -0.125. The van der Waals surface area contributed by atoms with E-state index >= 15 is 0 Å². The van der Waals surface area contributed by atoms with E-state index in [-0.39, 0.29) is 41.8 Å². The Labute approximate surface area is 133 Å². The molecule has 6 nitrogen and oxygen atoms in total. The number of carbonyl (C=O) groups is 2. The van der Waals surface area contributed by atoms with Crippen LogP contribution in [0, 0.1) is 5.82 Å². The molecule has 22 heavy (non-hydrogen) atoms. The summed E-state index contributed by atoms with van der Waals surface area (Å²) in [6.45, 7) is 4.08. The Morgan fingerprint density at radius 3 is 2.68 bits per heavy atom. The summed E-state index contributed by atoms with van der Waals surface area (Å²) in [5.41, 5.74) is 10.2. The minimum Gasteiger partial charge on any atom is -0.379 e. The van der Waals surface area contributed by atoms with Gasteiger partial charge in [0.15, 0.2) is 5.84 Å². The number of primary amides is 1. The summed E-state index contributed by atoms with van der Waals surface area (Å²) in [7, 11) is 0. The van der Waals surface area contributed by atoms with E-state index in [1.165, 1.54) is 23.1 Å². The van der Waals surface area contributed by atoms with E-state index in [0.717, 1.165) is 0 Å². The predicted molar refractivity (Wildman–Crippen MR) is 83.4 cm³/mol. The molecule has 0 bridgehead atoms. The first-order chi connectivity index (χ1) is 9.78. The fourth-order valence-corrected chi connectivity index (χ4v) is 2.45. The van der Waals surface area contributed by atoms with Crippen LogP contribution < -0.4 is 11.5 Å². The molecule has 2 amide bonds. The molecule has 0 saturated heterocycles. The van der Waals surface area contributed by atoms with E-state index in [1.807, 2.05) is 0 Å². The van der Waals surface area contributed by atoms with E-state index in [4.69, 9.17) is 11.5 Å². The predicted octanol–water partition coefficient (Wildman–Crippen LogP) is 0.781. The zero-order chi connectivity index (χ0) is 15.8. The number of amidine groups is 1. The van der Waals surface area contributed by atoms with Gasteiger partial charge in [0.05, 0.1) is 6.54 Å². The Kier molecular flexibility index (Phi) is 5.13. The summed E-state index contributed by atoms with van der Waals surface area (Å²) in [6, 6.07) is 3.83. The lowest BCUT2D eigenvalue weighted by Gasteiger charge is -2.37. The summed E-state index contributed by atoms with van der Waals surface area (Å²) >= 11 is 0. The maximum absolute atomic E-state index is 14.2. The molecule has 1 aromatic carbocycles. The van der Waals surface area contributed by atoms with Crippen molar-refractivity contribution >= 4 is 30.1 Å². The molecule has 4 N–H and O–H groups in total. The van der Waals surface area contributed by atoms with E-state index in [1.54, 1.807) is 13.8 Å². The molecule has 8 heteroatoms. The van der Waals surface area contributed by atoms with Gasteiger partial charge in [-0.2, -0.15) is 0 Å². The number of amides is 2. The normalized spacial score (nSPS) is 21.1. The molecule has 1 heterocycles. The van der Waals surface area contributed by atoms with E-state index in [2.05, 4.69) is 4.99 Å². The summed E-state index contributed by atoms with van der Waals surface area (Å²) in [4.78, 5) is 28.7. The molecular weight excluding hydrogens is 311 g/mol. The van der Waals surface area contributed by atoms with Crippen LogP contribution in [0.5, 0.6) is 0 Å². The van der Waals surface area contributed by atoms with Crippen molar-refractivity contribution in [2.45, 2.75) is 19.4 Å². The molecule has 1 atom stereocenters. The molecule has 1 aliphatic heterocycles. The van der Waals surface area contributed by atoms with Crippen molar-refractivity contribution in [1.29, 1.82) is 0 Å². The van der Waals surface area contributed by atoms with Crippen LogP contribution >= 0.6 is 12.4 Å². The van der Waals surface area contributed by atoms with Crippen molar-refractivity contribution in [2.24, 2.45) is 16.5 Å². The summed E-state index contributed by atoms with van der Waals surface area (Å²) < 4.78 is 14.2. The molecule has 0 spiro atoms. The van der Waals surface area contributed by atoms with Crippen LogP contribution in [-0.2, 0) is 10.3 Å². The number of benzene rings is 1. The van der Waals surface area contributed by atoms with Crippen molar-refractivity contribution < 1.29 is 14.0 Å². The second-order valence-electron chi connectivity index (χ2n) is 5.15. The fourth-order valence-electron chi connectivity index (χ4n) is 2.45. The third kappa shape index (κ3) is 3.04. The molecule has 2 rings (SSSR count). The Morgan fingerprint density at radius 2 is 2.14 bits per heavy atom. The van der Waals surface area contributed by atoms with Crippen LogP contribution in [0.2, 0.25) is 0 Å². The minimum atomic E-state index is -1.05. The molecule has 120 valence electrons. The average molecular weight is 329 g/mol.